The molecule has 28 heavy (non-hydrogen) atoms. The zero-order valence-corrected chi connectivity index (χ0v) is 17.4. The zero-order chi connectivity index (χ0) is 20.2. The van der Waals surface area contributed by atoms with Gasteiger partial charge in [0, 0.05) is 13.1 Å². The Morgan fingerprint density at radius 2 is 1.71 bits per heavy atom. The van der Waals surface area contributed by atoms with Gasteiger partial charge in [0.1, 0.15) is 18.1 Å². The van der Waals surface area contributed by atoms with Crippen LogP contribution in [0.3, 0.4) is 0 Å². The Morgan fingerprint density at radius 3 is 2.39 bits per heavy atom. The summed E-state index contributed by atoms with van der Waals surface area (Å²) >= 11 is 0. The fraction of sp³-hybridized carbons (Fsp3) is 0.409. The Hall–Kier alpha value is -2.73. The van der Waals surface area contributed by atoms with Gasteiger partial charge in [0.25, 0.3) is 0 Å². The largest absolute Gasteiger partial charge is 0.497 e. The Balaban J connectivity index is 1.82. The van der Waals surface area contributed by atoms with Crippen molar-refractivity contribution in [2.24, 2.45) is 4.99 Å². The molecule has 0 saturated carbocycles. The lowest BCUT2D eigenvalue weighted by molar-refractivity contribution is 0.321. The molecule has 6 heteroatoms. The molecule has 0 heterocycles. The highest BCUT2D eigenvalue weighted by atomic mass is 16.5. The summed E-state index contributed by atoms with van der Waals surface area (Å²) in [6.45, 7) is 5.65. The third-order valence-electron chi connectivity index (χ3n) is 3.98. The first-order chi connectivity index (χ1) is 13.6. The molecule has 152 valence electrons. The van der Waals surface area contributed by atoms with E-state index in [4.69, 9.17) is 9.47 Å². The van der Waals surface area contributed by atoms with Crippen LogP contribution in [0.25, 0.3) is 0 Å². The molecule has 0 aromatic heterocycles. The molecule has 0 aliphatic rings. The molecule has 0 unspecified atom stereocenters. The van der Waals surface area contributed by atoms with Crippen molar-refractivity contribution in [3.05, 3.63) is 59.7 Å². The fourth-order valence-corrected chi connectivity index (χ4v) is 2.71. The summed E-state index contributed by atoms with van der Waals surface area (Å²) in [4.78, 5) is 6.84. The van der Waals surface area contributed by atoms with Crippen LogP contribution >= 0.6 is 0 Å². The molecule has 0 aliphatic heterocycles. The fourth-order valence-electron chi connectivity index (χ4n) is 2.71. The first-order valence-corrected chi connectivity index (χ1v) is 9.62. The number of hydrogen-bond donors (Lipinski definition) is 2. The molecular formula is C22H32N4O2. The van der Waals surface area contributed by atoms with Gasteiger partial charge in [-0.1, -0.05) is 24.3 Å². The topological polar surface area (TPSA) is 58.1 Å². The number of methoxy groups -OCH3 is 1. The summed E-state index contributed by atoms with van der Waals surface area (Å²) < 4.78 is 10.9. The minimum Gasteiger partial charge on any atom is -0.497 e. The van der Waals surface area contributed by atoms with Gasteiger partial charge in [0.2, 0.25) is 0 Å². The van der Waals surface area contributed by atoms with Crippen molar-refractivity contribution in [1.29, 1.82) is 0 Å². The Labute approximate surface area is 168 Å². The van der Waals surface area contributed by atoms with E-state index in [0.29, 0.717) is 19.7 Å². The molecule has 0 fully saturated rings. The van der Waals surface area contributed by atoms with Crippen molar-refractivity contribution in [1.82, 2.24) is 15.5 Å². The lowest BCUT2D eigenvalue weighted by Crippen LogP contribution is -2.39. The maximum Gasteiger partial charge on any atom is 0.191 e. The predicted octanol–water partition coefficient (Wildman–Crippen LogP) is 2.89. The van der Waals surface area contributed by atoms with Gasteiger partial charge in [-0.2, -0.15) is 0 Å². The molecule has 2 aromatic carbocycles. The van der Waals surface area contributed by atoms with E-state index in [1.807, 2.05) is 24.3 Å². The van der Waals surface area contributed by atoms with E-state index in [1.54, 1.807) is 7.11 Å². The Morgan fingerprint density at radius 1 is 1.00 bits per heavy atom. The number of nitrogens with zero attached hydrogens (tertiary/aromatic N) is 2. The molecule has 0 atom stereocenters. The number of benzene rings is 2. The maximum absolute atomic E-state index is 5.74. The molecule has 0 aliphatic carbocycles. The van der Waals surface area contributed by atoms with E-state index in [0.717, 1.165) is 30.5 Å². The van der Waals surface area contributed by atoms with Crippen molar-refractivity contribution >= 4 is 5.96 Å². The lowest BCUT2D eigenvalue weighted by atomic mass is 10.1. The molecule has 6 nitrogen and oxygen atoms in total. The second kappa shape index (κ2) is 11.9. The molecule has 0 bridgehead atoms. The summed E-state index contributed by atoms with van der Waals surface area (Å²) in [5.74, 6) is 2.43. The third-order valence-corrected chi connectivity index (χ3v) is 3.98. The van der Waals surface area contributed by atoms with Crippen LogP contribution in [0.4, 0.5) is 0 Å². The molecule has 2 aromatic rings. The SMILES string of the molecule is CCNC(=NCc1cccc(CN(C)C)c1)NCCOc1ccc(OC)cc1. The van der Waals surface area contributed by atoms with Crippen LogP contribution in [-0.2, 0) is 13.1 Å². The summed E-state index contributed by atoms with van der Waals surface area (Å²) in [6.07, 6.45) is 0. The van der Waals surface area contributed by atoms with E-state index >= 15 is 0 Å². The standard InChI is InChI=1S/C22H32N4O2/c1-5-23-22(24-13-14-28-21-11-9-20(27-4)10-12-21)25-16-18-7-6-8-19(15-18)17-26(2)3/h6-12,15H,5,13-14,16-17H2,1-4H3,(H2,23,24,25). The van der Waals surface area contributed by atoms with E-state index in [9.17, 15) is 0 Å². The summed E-state index contributed by atoms with van der Waals surface area (Å²) in [6, 6.07) is 16.1. The van der Waals surface area contributed by atoms with Crippen molar-refractivity contribution in [3.63, 3.8) is 0 Å². The number of hydrogen-bond acceptors (Lipinski definition) is 4. The first-order valence-electron chi connectivity index (χ1n) is 9.62. The average molecular weight is 385 g/mol. The Bertz CT molecular complexity index is 730. The van der Waals surface area contributed by atoms with E-state index in [-0.39, 0.29) is 0 Å². The van der Waals surface area contributed by atoms with E-state index in [2.05, 4.69) is 65.8 Å². The number of nitrogens with one attached hydrogen (secondary N) is 2. The lowest BCUT2D eigenvalue weighted by Gasteiger charge is -2.13. The van der Waals surface area contributed by atoms with Gasteiger partial charge in [-0.25, -0.2) is 4.99 Å². The van der Waals surface area contributed by atoms with Crippen molar-refractivity contribution < 1.29 is 9.47 Å². The van der Waals surface area contributed by atoms with Crippen LogP contribution in [0.1, 0.15) is 18.1 Å². The van der Waals surface area contributed by atoms with Gasteiger partial charge in [-0.15, -0.1) is 0 Å². The van der Waals surface area contributed by atoms with Crippen LogP contribution in [0, 0.1) is 0 Å². The molecule has 0 spiro atoms. The average Bonchev–Trinajstić information content (AvgIpc) is 2.69. The van der Waals surface area contributed by atoms with Crippen LogP contribution < -0.4 is 20.1 Å². The van der Waals surface area contributed by atoms with Crippen molar-refractivity contribution in [3.8, 4) is 11.5 Å². The van der Waals surface area contributed by atoms with Gasteiger partial charge in [0.05, 0.1) is 20.2 Å². The van der Waals surface area contributed by atoms with E-state index in [1.165, 1.54) is 11.1 Å². The second-order valence-electron chi connectivity index (χ2n) is 6.70. The highest BCUT2D eigenvalue weighted by Gasteiger charge is 2.01. The summed E-state index contributed by atoms with van der Waals surface area (Å²) in [5.41, 5.74) is 2.49. The van der Waals surface area contributed by atoms with Gasteiger partial charge in [-0.3, -0.25) is 0 Å². The van der Waals surface area contributed by atoms with E-state index < -0.39 is 0 Å². The first kappa shape index (κ1) is 21.6. The van der Waals surface area contributed by atoms with Gasteiger partial charge < -0.3 is 25.0 Å². The normalized spacial score (nSPS) is 11.4. The predicted molar refractivity (Wildman–Crippen MR) is 115 cm³/mol. The van der Waals surface area contributed by atoms with Crippen LogP contribution in [0.5, 0.6) is 11.5 Å². The maximum atomic E-state index is 5.74. The minimum absolute atomic E-state index is 0.551. The van der Waals surface area contributed by atoms with Crippen LogP contribution in [0.2, 0.25) is 0 Å². The molecule has 2 rings (SSSR count). The zero-order valence-electron chi connectivity index (χ0n) is 17.4. The quantitative estimate of drug-likeness (QED) is 0.375. The molecule has 2 N–H and O–H groups in total. The smallest absolute Gasteiger partial charge is 0.191 e. The van der Waals surface area contributed by atoms with Crippen LogP contribution in [0.15, 0.2) is 53.5 Å². The number of aliphatic imine (C=N–C) groups is 1. The van der Waals surface area contributed by atoms with Gasteiger partial charge in [0.15, 0.2) is 5.96 Å². The summed E-state index contributed by atoms with van der Waals surface area (Å²) in [5, 5.41) is 6.58. The van der Waals surface area contributed by atoms with Gasteiger partial charge in [-0.05, 0) is 56.4 Å². The molecule has 0 saturated heterocycles. The molecular weight excluding hydrogens is 352 g/mol. The second-order valence-corrected chi connectivity index (χ2v) is 6.70. The van der Waals surface area contributed by atoms with Crippen LogP contribution in [-0.4, -0.2) is 51.8 Å². The highest BCUT2D eigenvalue weighted by molar-refractivity contribution is 5.79. The molecule has 0 radical (unpaired) electrons. The number of rotatable bonds is 10. The third kappa shape index (κ3) is 7.88. The monoisotopic (exact) mass is 384 g/mol. The summed E-state index contributed by atoms with van der Waals surface area (Å²) in [7, 11) is 5.80. The Kier molecular flexibility index (Phi) is 9.15. The van der Waals surface area contributed by atoms with Crippen molar-refractivity contribution in [2.75, 3.05) is 40.9 Å². The molecule has 0 amide bonds. The minimum atomic E-state index is 0.551. The highest BCUT2D eigenvalue weighted by Crippen LogP contribution is 2.16. The van der Waals surface area contributed by atoms with Crippen molar-refractivity contribution in [2.45, 2.75) is 20.0 Å². The van der Waals surface area contributed by atoms with Gasteiger partial charge >= 0.3 is 0 Å². The number of guanidine groups is 1. The number of ether oxygens (including phenoxy) is 2.